The van der Waals surface area contributed by atoms with Crippen LogP contribution in [-0.4, -0.2) is 22.6 Å². The van der Waals surface area contributed by atoms with Crippen molar-refractivity contribution in [3.8, 4) is 45.4 Å². The molecule has 0 atom stereocenters. The third kappa shape index (κ3) is 5.20. The molecule has 0 fully saturated rings. The van der Waals surface area contributed by atoms with E-state index in [1.54, 1.807) is 0 Å². The Labute approximate surface area is 244 Å². The summed E-state index contributed by atoms with van der Waals surface area (Å²) in [6.07, 6.45) is 1.84. The third-order valence-corrected chi connectivity index (χ3v) is 7.08. The maximum absolute atomic E-state index is 6.33. The normalized spacial score (nSPS) is 11.8. The molecule has 0 unspecified atom stereocenters. The van der Waals surface area contributed by atoms with E-state index < -0.39 is 0 Å². The predicted octanol–water partition coefficient (Wildman–Crippen LogP) is 9.30. The standard InChI is InChI=1S/C37H27N3O2/c1-39-26-40(37-19-6-5-18-36(37)39)30-12-9-17-34(25-30)42-33-16-8-11-29(23-33)35-24-28(20-21-38-35)27-10-7-15-32(22-27)41-31-13-3-2-4-14-31/h2-25H,1H3/q+2. The second-order valence-electron chi connectivity index (χ2n) is 9.98. The first-order valence-corrected chi connectivity index (χ1v) is 13.8. The molecule has 0 bridgehead atoms. The highest BCUT2D eigenvalue weighted by molar-refractivity contribution is 5.75. The highest BCUT2D eigenvalue weighted by Crippen LogP contribution is 2.35. The molecule has 42 heavy (non-hydrogen) atoms. The first kappa shape index (κ1) is 25.2. The molecule has 1 aromatic heterocycles. The van der Waals surface area contributed by atoms with E-state index in [9.17, 15) is 0 Å². The predicted molar refractivity (Wildman–Crippen MR) is 167 cm³/mol. The Hall–Kier alpha value is -5.77. The molecule has 5 heteroatoms. The highest BCUT2D eigenvalue weighted by Gasteiger charge is 2.32. The Morgan fingerprint density at radius 1 is 0.524 bits per heavy atom. The van der Waals surface area contributed by atoms with Gasteiger partial charge in [0, 0.05) is 30.0 Å². The van der Waals surface area contributed by atoms with E-state index in [2.05, 4.69) is 41.3 Å². The van der Waals surface area contributed by atoms with Gasteiger partial charge in [0.05, 0.1) is 11.8 Å². The van der Waals surface area contributed by atoms with E-state index in [4.69, 9.17) is 9.47 Å². The average Bonchev–Trinajstić information content (AvgIpc) is 3.38. The minimum atomic E-state index is 0.738. The van der Waals surface area contributed by atoms with Gasteiger partial charge in [-0.2, -0.15) is 0 Å². The summed E-state index contributed by atoms with van der Waals surface area (Å²) in [5.41, 5.74) is 7.12. The Morgan fingerprint density at radius 3 is 1.93 bits per heavy atom. The SMILES string of the molecule is C[N+]1=C=[N+](c2cccc(Oc3cccc(-c4cc(-c5cccc(Oc6ccccc6)c5)ccn4)c3)c2)c2ccccc21. The van der Waals surface area contributed by atoms with Gasteiger partial charge in [-0.05, 0) is 70.3 Å². The fraction of sp³-hybridized carbons (Fsp3) is 0.0270. The van der Waals surface area contributed by atoms with Gasteiger partial charge in [0.2, 0.25) is 5.69 Å². The van der Waals surface area contributed by atoms with Gasteiger partial charge in [0.1, 0.15) is 23.0 Å². The zero-order valence-corrected chi connectivity index (χ0v) is 23.0. The van der Waals surface area contributed by atoms with Crippen molar-refractivity contribution in [2.75, 3.05) is 7.05 Å². The van der Waals surface area contributed by atoms with Crippen molar-refractivity contribution in [3.05, 3.63) is 146 Å². The van der Waals surface area contributed by atoms with Crippen LogP contribution in [-0.2, 0) is 0 Å². The molecule has 0 spiro atoms. The molecule has 0 saturated carbocycles. The molecule has 0 aliphatic carbocycles. The van der Waals surface area contributed by atoms with Gasteiger partial charge in [-0.15, -0.1) is 0 Å². The number of pyridine rings is 1. The van der Waals surface area contributed by atoms with Crippen molar-refractivity contribution in [2.24, 2.45) is 0 Å². The fourth-order valence-electron chi connectivity index (χ4n) is 5.06. The molecule has 0 N–H and O–H groups in total. The molecule has 200 valence electrons. The van der Waals surface area contributed by atoms with Gasteiger partial charge in [-0.25, -0.2) is 0 Å². The molecule has 1 aliphatic heterocycles. The summed E-state index contributed by atoms with van der Waals surface area (Å²) in [6, 6.07) is 49.7. The minimum Gasteiger partial charge on any atom is -0.457 e. The van der Waals surface area contributed by atoms with Gasteiger partial charge < -0.3 is 9.47 Å². The van der Waals surface area contributed by atoms with E-state index in [1.807, 2.05) is 132 Å². The van der Waals surface area contributed by atoms with Crippen molar-refractivity contribution in [1.29, 1.82) is 0 Å². The zero-order valence-electron chi connectivity index (χ0n) is 23.0. The van der Waals surface area contributed by atoms with Crippen molar-refractivity contribution in [2.45, 2.75) is 0 Å². The van der Waals surface area contributed by atoms with Gasteiger partial charge >= 0.3 is 6.01 Å². The second kappa shape index (κ2) is 11.0. The molecule has 6 aromatic rings. The summed E-state index contributed by atoms with van der Waals surface area (Å²) in [5.74, 6) is 3.08. The topological polar surface area (TPSA) is 37.4 Å². The fourth-order valence-corrected chi connectivity index (χ4v) is 5.06. The lowest BCUT2D eigenvalue weighted by Gasteiger charge is -2.10. The van der Waals surface area contributed by atoms with Crippen molar-refractivity contribution in [3.63, 3.8) is 0 Å². The smallest absolute Gasteiger partial charge is 0.457 e. The average molecular weight is 546 g/mol. The lowest BCUT2D eigenvalue weighted by molar-refractivity contribution is -0.394. The molecule has 0 radical (unpaired) electrons. The Morgan fingerprint density at radius 2 is 1.12 bits per heavy atom. The molecular weight excluding hydrogens is 518 g/mol. The van der Waals surface area contributed by atoms with Crippen LogP contribution in [0.1, 0.15) is 0 Å². The van der Waals surface area contributed by atoms with Crippen LogP contribution in [0.3, 0.4) is 0 Å². The van der Waals surface area contributed by atoms with Crippen LogP contribution in [0.15, 0.2) is 146 Å². The van der Waals surface area contributed by atoms with E-state index in [0.29, 0.717) is 0 Å². The summed E-state index contributed by atoms with van der Waals surface area (Å²) in [7, 11) is 2.00. The number of rotatable bonds is 7. The Kier molecular flexibility index (Phi) is 6.61. The maximum atomic E-state index is 6.33. The zero-order chi connectivity index (χ0) is 28.3. The monoisotopic (exact) mass is 545 g/mol. The number of hydrogen-bond acceptors (Lipinski definition) is 3. The van der Waals surface area contributed by atoms with E-state index in [1.165, 1.54) is 0 Å². The molecule has 5 nitrogen and oxygen atoms in total. The summed E-state index contributed by atoms with van der Waals surface area (Å²) >= 11 is 0. The van der Waals surface area contributed by atoms with Crippen LogP contribution in [0.5, 0.6) is 23.0 Å². The molecule has 2 heterocycles. The molecule has 0 amide bonds. The summed E-state index contributed by atoms with van der Waals surface area (Å²) in [6.45, 7) is 0. The first-order valence-electron chi connectivity index (χ1n) is 13.8. The molecule has 5 aromatic carbocycles. The molecular formula is C37H27N3O2+2. The lowest BCUT2D eigenvalue weighted by atomic mass is 10.0. The van der Waals surface area contributed by atoms with Crippen molar-refractivity contribution >= 4 is 23.1 Å². The summed E-state index contributed by atoms with van der Waals surface area (Å²) < 4.78 is 16.4. The van der Waals surface area contributed by atoms with Crippen LogP contribution in [0.2, 0.25) is 0 Å². The van der Waals surface area contributed by atoms with Crippen molar-refractivity contribution < 1.29 is 14.0 Å². The molecule has 0 saturated heterocycles. The highest BCUT2D eigenvalue weighted by atomic mass is 16.5. The lowest BCUT2D eigenvalue weighted by Crippen LogP contribution is -1.99. The second-order valence-corrected chi connectivity index (χ2v) is 9.98. The third-order valence-electron chi connectivity index (χ3n) is 7.08. The number of aromatic nitrogens is 1. The van der Waals surface area contributed by atoms with Crippen LogP contribution in [0.25, 0.3) is 22.4 Å². The van der Waals surface area contributed by atoms with Gasteiger partial charge in [0.25, 0.3) is 11.4 Å². The molecule has 1 aliphatic rings. The minimum absolute atomic E-state index is 0.738. The van der Waals surface area contributed by atoms with Crippen LogP contribution in [0.4, 0.5) is 17.1 Å². The Balaban J connectivity index is 1.13. The number of para-hydroxylation sites is 3. The van der Waals surface area contributed by atoms with E-state index in [-0.39, 0.29) is 0 Å². The van der Waals surface area contributed by atoms with Gasteiger partial charge in [0.15, 0.2) is 7.05 Å². The number of benzene rings is 5. The number of ether oxygens (including phenoxy) is 2. The molecule has 7 rings (SSSR count). The van der Waals surface area contributed by atoms with E-state index in [0.717, 1.165) is 62.4 Å². The summed E-state index contributed by atoms with van der Waals surface area (Å²) in [5, 5.41) is 0. The van der Waals surface area contributed by atoms with Crippen LogP contribution >= 0.6 is 0 Å². The number of fused-ring (bicyclic) bond motifs is 1. The van der Waals surface area contributed by atoms with Gasteiger partial charge in [-0.1, -0.05) is 65.2 Å². The summed E-state index contributed by atoms with van der Waals surface area (Å²) in [4.78, 5) is 4.66. The quantitative estimate of drug-likeness (QED) is 0.188. The number of hydrogen-bond donors (Lipinski definition) is 0. The largest absolute Gasteiger partial charge is 0.496 e. The maximum Gasteiger partial charge on any atom is 0.496 e. The first-order chi connectivity index (χ1) is 20.7. The Bertz CT molecular complexity index is 1990. The van der Waals surface area contributed by atoms with Crippen molar-refractivity contribution in [1.82, 2.24) is 9.56 Å². The van der Waals surface area contributed by atoms with E-state index >= 15 is 0 Å². The van der Waals surface area contributed by atoms with Crippen LogP contribution < -0.4 is 14.0 Å². The number of nitrogens with zero attached hydrogens (tertiary/aromatic N) is 3. The van der Waals surface area contributed by atoms with Gasteiger partial charge in [-0.3, -0.25) is 4.98 Å². The van der Waals surface area contributed by atoms with Crippen LogP contribution in [0, 0.1) is 0 Å².